The van der Waals surface area contributed by atoms with Crippen LogP contribution >= 0.6 is 0 Å². The van der Waals surface area contributed by atoms with Crippen LogP contribution in [-0.2, 0) is 0 Å². The Morgan fingerprint density at radius 3 is 2.62 bits per heavy atom. The van der Waals surface area contributed by atoms with Gasteiger partial charge in [-0.1, -0.05) is 32.0 Å². The van der Waals surface area contributed by atoms with Gasteiger partial charge in [0.1, 0.15) is 5.56 Å². The smallest absolute Gasteiger partial charge is 0.261 e. The van der Waals surface area contributed by atoms with Gasteiger partial charge in [0.2, 0.25) is 5.43 Å². The molecule has 0 unspecified atom stereocenters. The number of aromatic nitrogens is 1. The van der Waals surface area contributed by atoms with Gasteiger partial charge in [0.05, 0.1) is 0 Å². The van der Waals surface area contributed by atoms with Crippen molar-refractivity contribution < 1.29 is 4.79 Å². The van der Waals surface area contributed by atoms with E-state index in [4.69, 9.17) is 5.73 Å². The van der Waals surface area contributed by atoms with Gasteiger partial charge >= 0.3 is 0 Å². The number of nitrogen functional groups attached to an aromatic ring is 1. The van der Waals surface area contributed by atoms with Crippen LogP contribution < -0.4 is 16.5 Å². The summed E-state index contributed by atoms with van der Waals surface area (Å²) in [5.41, 5.74) is 8.70. The lowest BCUT2D eigenvalue weighted by molar-refractivity contribution is 0.102. The van der Waals surface area contributed by atoms with Crippen molar-refractivity contribution in [1.29, 1.82) is 0 Å². The number of aromatic amines is 1. The normalized spacial score (nSPS) is 11.0. The van der Waals surface area contributed by atoms with E-state index in [0.29, 0.717) is 28.2 Å². The molecule has 1 aromatic heterocycles. The number of carbonyl (C=O) groups excluding carboxylic acids is 1. The molecular formula is C19H19N3O2. The van der Waals surface area contributed by atoms with Crippen molar-refractivity contribution in [3.05, 3.63) is 70.0 Å². The molecule has 122 valence electrons. The zero-order valence-corrected chi connectivity index (χ0v) is 13.6. The molecule has 3 rings (SSSR count). The van der Waals surface area contributed by atoms with Crippen LogP contribution in [0.1, 0.15) is 35.7 Å². The molecule has 0 aliphatic heterocycles. The quantitative estimate of drug-likeness (QED) is 0.645. The molecule has 0 atom stereocenters. The topological polar surface area (TPSA) is 88.0 Å². The maximum Gasteiger partial charge on any atom is 0.261 e. The standard InChI is InChI=1S/C19H19N3O2/c1-11(2)13-8-7-12(9-16(13)20)22-19(24)15-10-21-17-6-4-3-5-14(17)18(15)23/h3-11H,20H2,1-2H3,(H,21,23)(H,22,24). The molecule has 4 N–H and O–H groups in total. The Hall–Kier alpha value is -3.08. The van der Waals surface area contributed by atoms with Crippen molar-refractivity contribution in [2.75, 3.05) is 11.1 Å². The summed E-state index contributed by atoms with van der Waals surface area (Å²) in [5, 5.41) is 3.22. The van der Waals surface area contributed by atoms with Crippen molar-refractivity contribution in [3.8, 4) is 0 Å². The van der Waals surface area contributed by atoms with E-state index >= 15 is 0 Å². The number of anilines is 2. The van der Waals surface area contributed by atoms with E-state index in [1.54, 1.807) is 30.3 Å². The predicted molar refractivity (Wildman–Crippen MR) is 97.5 cm³/mol. The fraction of sp³-hybridized carbons (Fsp3) is 0.158. The van der Waals surface area contributed by atoms with Crippen LogP contribution in [0.15, 0.2) is 53.5 Å². The minimum Gasteiger partial charge on any atom is -0.398 e. The molecule has 5 nitrogen and oxygen atoms in total. The summed E-state index contributed by atoms with van der Waals surface area (Å²) >= 11 is 0. The number of nitrogens with one attached hydrogen (secondary N) is 2. The lowest BCUT2D eigenvalue weighted by Gasteiger charge is -2.12. The van der Waals surface area contributed by atoms with Crippen molar-refractivity contribution in [1.82, 2.24) is 4.98 Å². The maximum absolute atomic E-state index is 12.5. The predicted octanol–water partition coefficient (Wildman–Crippen LogP) is 3.49. The third kappa shape index (κ3) is 2.88. The van der Waals surface area contributed by atoms with Crippen molar-refractivity contribution in [2.45, 2.75) is 19.8 Å². The fourth-order valence-corrected chi connectivity index (χ4v) is 2.71. The minimum absolute atomic E-state index is 0.0696. The summed E-state index contributed by atoms with van der Waals surface area (Å²) in [7, 11) is 0. The van der Waals surface area contributed by atoms with E-state index in [1.165, 1.54) is 6.20 Å². The van der Waals surface area contributed by atoms with Gasteiger partial charge in [0.15, 0.2) is 0 Å². The number of carbonyl (C=O) groups is 1. The summed E-state index contributed by atoms with van der Waals surface area (Å²) < 4.78 is 0. The number of hydrogen-bond donors (Lipinski definition) is 3. The Balaban J connectivity index is 1.92. The molecule has 0 aliphatic carbocycles. The van der Waals surface area contributed by atoms with E-state index in [0.717, 1.165) is 5.56 Å². The fourth-order valence-electron chi connectivity index (χ4n) is 2.71. The Bertz CT molecular complexity index is 974. The molecule has 5 heteroatoms. The molecule has 0 aliphatic rings. The third-order valence-electron chi connectivity index (χ3n) is 4.00. The van der Waals surface area contributed by atoms with Gasteiger partial charge < -0.3 is 16.0 Å². The highest BCUT2D eigenvalue weighted by Crippen LogP contribution is 2.25. The number of para-hydroxylation sites is 1. The average molecular weight is 321 g/mol. The number of H-pyrrole nitrogens is 1. The monoisotopic (exact) mass is 321 g/mol. The highest BCUT2D eigenvalue weighted by atomic mass is 16.2. The van der Waals surface area contributed by atoms with Crippen LogP contribution in [0.4, 0.5) is 11.4 Å². The van der Waals surface area contributed by atoms with Crippen molar-refractivity contribution in [3.63, 3.8) is 0 Å². The third-order valence-corrected chi connectivity index (χ3v) is 4.00. The molecule has 0 saturated heterocycles. The van der Waals surface area contributed by atoms with Crippen molar-refractivity contribution in [2.24, 2.45) is 0 Å². The van der Waals surface area contributed by atoms with E-state index in [2.05, 4.69) is 24.1 Å². The number of amides is 1. The van der Waals surface area contributed by atoms with E-state index in [1.807, 2.05) is 12.1 Å². The van der Waals surface area contributed by atoms with E-state index < -0.39 is 5.91 Å². The van der Waals surface area contributed by atoms with Gasteiger partial charge in [-0.3, -0.25) is 9.59 Å². The molecule has 1 heterocycles. The second-order valence-corrected chi connectivity index (χ2v) is 6.03. The lowest BCUT2D eigenvalue weighted by Crippen LogP contribution is -2.22. The second-order valence-electron chi connectivity index (χ2n) is 6.03. The summed E-state index contributed by atoms with van der Waals surface area (Å²) in [6.07, 6.45) is 1.44. The summed E-state index contributed by atoms with van der Waals surface area (Å²) in [6.45, 7) is 4.11. The van der Waals surface area contributed by atoms with Crippen LogP contribution in [0.5, 0.6) is 0 Å². The molecule has 0 radical (unpaired) electrons. The largest absolute Gasteiger partial charge is 0.398 e. The average Bonchev–Trinajstić information content (AvgIpc) is 2.55. The zero-order valence-electron chi connectivity index (χ0n) is 13.6. The molecule has 3 aromatic rings. The van der Waals surface area contributed by atoms with E-state index in [9.17, 15) is 9.59 Å². The van der Waals surface area contributed by atoms with Crippen LogP contribution in [0.3, 0.4) is 0 Å². The van der Waals surface area contributed by atoms with Crippen molar-refractivity contribution >= 4 is 28.2 Å². The molecule has 0 fully saturated rings. The first-order valence-corrected chi connectivity index (χ1v) is 7.78. The Labute approximate surface area is 139 Å². The van der Waals surface area contributed by atoms with Gasteiger partial charge in [0, 0.05) is 28.5 Å². The molecule has 0 bridgehead atoms. The molecule has 24 heavy (non-hydrogen) atoms. The zero-order chi connectivity index (χ0) is 17.3. The van der Waals surface area contributed by atoms with Gasteiger partial charge in [-0.2, -0.15) is 0 Å². The molecular weight excluding hydrogens is 302 g/mol. The van der Waals surface area contributed by atoms with Crippen LogP contribution in [0.2, 0.25) is 0 Å². The van der Waals surface area contributed by atoms with Gasteiger partial charge in [-0.25, -0.2) is 0 Å². The van der Waals surface area contributed by atoms with Gasteiger partial charge in [-0.15, -0.1) is 0 Å². The lowest BCUT2D eigenvalue weighted by atomic mass is 10.0. The van der Waals surface area contributed by atoms with E-state index in [-0.39, 0.29) is 11.0 Å². The minimum atomic E-state index is -0.460. The first-order valence-electron chi connectivity index (χ1n) is 7.78. The highest BCUT2D eigenvalue weighted by Gasteiger charge is 2.14. The van der Waals surface area contributed by atoms with Gasteiger partial charge in [-0.05, 0) is 35.7 Å². The Kier molecular flexibility index (Phi) is 4.08. The first-order chi connectivity index (χ1) is 11.5. The second kappa shape index (κ2) is 6.20. The molecule has 2 aromatic carbocycles. The SMILES string of the molecule is CC(C)c1ccc(NC(=O)c2c[nH]c3ccccc3c2=O)cc1N. The number of pyridine rings is 1. The number of rotatable bonds is 3. The highest BCUT2D eigenvalue weighted by molar-refractivity contribution is 6.05. The number of hydrogen-bond acceptors (Lipinski definition) is 3. The number of nitrogens with two attached hydrogens (primary N) is 1. The summed E-state index contributed by atoms with van der Waals surface area (Å²) in [6, 6.07) is 12.5. The summed E-state index contributed by atoms with van der Waals surface area (Å²) in [4.78, 5) is 27.9. The summed E-state index contributed by atoms with van der Waals surface area (Å²) in [5.74, 6) is -0.156. The molecule has 0 spiro atoms. The van der Waals surface area contributed by atoms with Crippen LogP contribution in [0.25, 0.3) is 10.9 Å². The van der Waals surface area contributed by atoms with Crippen LogP contribution in [0, 0.1) is 0 Å². The Morgan fingerprint density at radius 2 is 1.92 bits per heavy atom. The maximum atomic E-state index is 12.5. The molecule has 1 amide bonds. The van der Waals surface area contributed by atoms with Gasteiger partial charge in [0.25, 0.3) is 5.91 Å². The number of benzene rings is 2. The molecule has 0 saturated carbocycles. The number of fused-ring (bicyclic) bond motifs is 1. The van der Waals surface area contributed by atoms with Crippen LogP contribution in [-0.4, -0.2) is 10.9 Å². The first kappa shape index (κ1) is 15.8. The Morgan fingerprint density at radius 1 is 1.17 bits per heavy atom.